The summed E-state index contributed by atoms with van der Waals surface area (Å²) >= 11 is 0. The first kappa shape index (κ1) is 65.4. The Kier molecular flexibility index (Phi) is 24.1. The van der Waals surface area contributed by atoms with Crippen LogP contribution >= 0.6 is 0 Å². The number of hydrogen-bond acceptors (Lipinski definition) is 14. The number of methoxy groups -OCH3 is 3. The van der Waals surface area contributed by atoms with Crippen molar-refractivity contribution < 1.29 is 94.6 Å². The second-order valence-corrected chi connectivity index (χ2v) is 20.8. The van der Waals surface area contributed by atoms with Gasteiger partial charge in [0.1, 0.15) is 44.3 Å². The fraction of sp³-hybridized carbons (Fsp3) is 0.231. The minimum Gasteiger partial charge on any atom is -0.870 e. The molecule has 8 N–H and O–H groups in total. The van der Waals surface area contributed by atoms with Crippen LogP contribution in [-0.2, 0) is 24.8 Å². The molecule has 0 saturated heterocycles. The van der Waals surface area contributed by atoms with E-state index in [2.05, 4.69) is 10.6 Å². The summed E-state index contributed by atoms with van der Waals surface area (Å²) in [5.41, 5.74) is 1.75. The summed E-state index contributed by atoms with van der Waals surface area (Å²) in [6, 6.07) is 34.1. The monoisotopic (exact) mass is 1070 g/mol. The van der Waals surface area contributed by atoms with Gasteiger partial charge in [0.15, 0.2) is 0 Å². The van der Waals surface area contributed by atoms with Crippen LogP contribution in [-0.4, -0.2) is 89.3 Å². The molecule has 0 saturated carbocycles. The molecule has 0 aliphatic carbocycles. The molecule has 6 aromatic rings. The number of carboxylic acids is 1. The van der Waals surface area contributed by atoms with Crippen molar-refractivity contribution in [2.75, 3.05) is 21.3 Å². The molecule has 398 valence electrons. The van der Waals surface area contributed by atoms with Gasteiger partial charge in [-0.25, -0.2) is 45.5 Å². The molecule has 0 fully saturated rings. The van der Waals surface area contributed by atoms with E-state index < -0.39 is 64.9 Å². The number of ether oxygens (including phenoxy) is 5. The molecule has 0 radical (unpaired) electrons. The molecule has 75 heavy (non-hydrogen) atoms. The number of hydrogen-bond donors (Lipinski definition) is 5. The molecule has 0 aromatic heterocycles. The van der Waals surface area contributed by atoms with Crippen LogP contribution in [0.1, 0.15) is 69.7 Å². The maximum Gasteiger partial charge on any atom is 1.00 e. The van der Waals surface area contributed by atoms with E-state index >= 15 is 0 Å². The number of urea groups is 2. The summed E-state index contributed by atoms with van der Waals surface area (Å²) in [4.78, 5) is 47.1. The molecule has 4 amide bonds. The maximum absolute atomic E-state index is 13.1. The van der Waals surface area contributed by atoms with Crippen molar-refractivity contribution in [1.82, 2.24) is 20.1 Å². The van der Waals surface area contributed by atoms with Gasteiger partial charge in [0.05, 0.1) is 32.5 Å². The third-order valence-electron chi connectivity index (χ3n) is 9.54. The first-order valence-corrected chi connectivity index (χ1v) is 24.4. The Balaban J connectivity index is 0.000000712. The van der Waals surface area contributed by atoms with Gasteiger partial charge < -0.3 is 50.4 Å². The minimum absolute atomic E-state index is 0. The maximum atomic E-state index is 13.1. The number of sulfonamides is 2. The predicted octanol–water partition coefficient (Wildman–Crippen LogP) is 6.01. The number of carboxylic acid groups (broad SMARTS) is 1. The van der Waals surface area contributed by atoms with Crippen LogP contribution in [0.3, 0.4) is 0 Å². The van der Waals surface area contributed by atoms with Crippen molar-refractivity contribution in [3.63, 3.8) is 0 Å². The molecular weight excluding hydrogens is 1010 g/mol. The number of rotatable bonds is 14. The SMILES string of the molecule is C.COC(=O)c1ccc(Oc2cccc(-c3ccc(OC)cc3)c2)c(S(=O)(=O)NC(=O)NC(C)(C)C)c1.COc1ccc(-c2cccc(Oc3ccc(C(=O)O)cc3S(=O)(=O)NC(=O)NC(C)(C)C)c2)cc1.O.[Li+].[OH-]. The number of carbonyl (C=O) groups excluding carboxylic acids is 3. The van der Waals surface area contributed by atoms with Crippen LogP contribution < -0.4 is 57.9 Å². The first-order chi connectivity index (χ1) is 33.3. The number of amides is 4. The van der Waals surface area contributed by atoms with Gasteiger partial charge in [-0.05, 0) is 149 Å². The van der Waals surface area contributed by atoms with E-state index in [0.717, 1.165) is 40.1 Å². The molecule has 0 heterocycles. The third kappa shape index (κ3) is 19.0. The molecule has 0 unspecified atom stereocenters. The molecule has 0 spiro atoms. The van der Waals surface area contributed by atoms with Gasteiger partial charge >= 0.3 is 42.9 Å². The van der Waals surface area contributed by atoms with E-state index in [9.17, 15) is 41.1 Å². The Morgan fingerprint density at radius 1 is 0.493 bits per heavy atom. The van der Waals surface area contributed by atoms with Crippen LogP contribution in [0.5, 0.6) is 34.5 Å². The van der Waals surface area contributed by atoms with Crippen molar-refractivity contribution in [1.29, 1.82) is 0 Å². The summed E-state index contributed by atoms with van der Waals surface area (Å²) in [6.07, 6.45) is 0. The Morgan fingerprint density at radius 2 is 0.853 bits per heavy atom. The van der Waals surface area contributed by atoms with Crippen molar-refractivity contribution in [3.8, 4) is 56.8 Å². The zero-order chi connectivity index (χ0) is 52.3. The van der Waals surface area contributed by atoms with Crippen LogP contribution in [0.15, 0.2) is 143 Å². The van der Waals surface area contributed by atoms with Crippen molar-refractivity contribution >= 4 is 44.0 Å². The molecule has 0 aliphatic heterocycles. The van der Waals surface area contributed by atoms with Gasteiger partial charge in [0.2, 0.25) is 0 Å². The normalized spacial score (nSPS) is 10.8. The van der Waals surface area contributed by atoms with E-state index in [1.807, 2.05) is 70.1 Å². The molecule has 6 aromatic carbocycles. The van der Waals surface area contributed by atoms with Gasteiger partial charge in [0, 0.05) is 11.1 Å². The van der Waals surface area contributed by atoms with Crippen LogP contribution in [0.4, 0.5) is 9.59 Å². The topological polar surface area (TPSA) is 313 Å². The van der Waals surface area contributed by atoms with Crippen LogP contribution in [0, 0.1) is 0 Å². The summed E-state index contributed by atoms with van der Waals surface area (Å²) in [5.74, 6) is -0.190. The third-order valence-corrected chi connectivity index (χ3v) is 12.2. The summed E-state index contributed by atoms with van der Waals surface area (Å²) in [6.45, 7) is 10.2. The number of esters is 1. The van der Waals surface area contributed by atoms with E-state index in [1.165, 1.54) is 31.4 Å². The second-order valence-electron chi connectivity index (χ2n) is 17.5. The Morgan fingerprint density at radius 3 is 1.19 bits per heavy atom. The fourth-order valence-corrected chi connectivity index (χ4v) is 8.49. The minimum atomic E-state index is -4.47. The van der Waals surface area contributed by atoms with E-state index in [0.29, 0.717) is 17.2 Å². The number of benzene rings is 6. The molecule has 0 atom stereocenters. The van der Waals surface area contributed by atoms with Crippen LogP contribution in [0.25, 0.3) is 22.3 Å². The average Bonchev–Trinajstić information content (AvgIpc) is 3.30. The number of carbonyl (C=O) groups is 4. The first-order valence-electron chi connectivity index (χ1n) is 21.4. The van der Waals surface area contributed by atoms with Crippen molar-refractivity contribution in [3.05, 3.63) is 145 Å². The van der Waals surface area contributed by atoms with E-state index in [-0.39, 0.29) is 59.9 Å². The molecular formula is C52H61LiN4O16S2. The molecule has 0 bridgehead atoms. The number of aromatic carboxylic acids is 1. The van der Waals surface area contributed by atoms with Gasteiger partial charge in [-0.15, -0.1) is 0 Å². The Labute approximate surface area is 449 Å². The fourth-order valence-electron chi connectivity index (χ4n) is 6.37. The zero-order valence-corrected chi connectivity index (χ0v) is 43.9. The molecule has 20 nitrogen and oxygen atoms in total. The number of nitrogens with one attached hydrogen (secondary N) is 4. The van der Waals surface area contributed by atoms with Crippen molar-refractivity contribution in [2.45, 2.75) is 69.8 Å². The van der Waals surface area contributed by atoms with Gasteiger partial charge in [-0.3, -0.25) is 0 Å². The largest absolute Gasteiger partial charge is 1.00 e. The van der Waals surface area contributed by atoms with Gasteiger partial charge in [-0.2, -0.15) is 0 Å². The second kappa shape index (κ2) is 27.6. The average molecular weight is 1070 g/mol. The Hall–Kier alpha value is -7.58. The zero-order valence-electron chi connectivity index (χ0n) is 42.2. The molecule has 23 heteroatoms. The van der Waals surface area contributed by atoms with E-state index in [1.54, 1.807) is 92.2 Å². The standard InChI is InChI=1S/C26H28N2O7S.C25H26N2O7S.CH4.Li.2H2O/c1-26(2,3)27-25(30)28-36(31,32)23-16-19(24(29)34-5)11-14-22(23)35-21-8-6-7-18(15-21)17-9-12-20(33-4)13-10-17;1-25(2,3)26-24(30)27-35(31,32)22-15-18(23(28)29)10-13-21(22)34-20-7-5-6-17(14-20)16-8-11-19(33-4)12-9-16;;;;/h6-16H,1-5H3,(H2,27,28,30);5-15H,1-4H3,(H,28,29)(H2,26,27,30);1H4;;2*1H2/q;;;+1;;/p-1. The molecule has 6 rings (SSSR count). The molecule has 0 aliphatic rings. The summed E-state index contributed by atoms with van der Waals surface area (Å²) < 4.78 is 83.0. The van der Waals surface area contributed by atoms with E-state index in [4.69, 9.17) is 23.7 Å². The van der Waals surface area contributed by atoms with Crippen molar-refractivity contribution in [2.24, 2.45) is 0 Å². The quantitative estimate of drug-likeness (QED) is 0.0617. The smallest absolute Gasteiger partial charge is 0.870 e. The predicted molar refractivity (Wildman–Crippen MR) is 278 cm³/mol. The summed E-state index contributed by atoms with van der Waals surface area (Å²) in [5, 5.41) is 14.4. The van der Waals surface area contributed by atoms with Gasteiger partial charge in [-0.1, -0.05) is 56.0 Å². The van der Waals surface area contributed by atoms with Gasteiger partial charge in [0.25, 0.3) is 20.0 Å². The summed E-state index contributed by atoms with van der Waals surface area (Å²) in [7, 11) is -4.56. The van der Waals surface area contributed by atoms with Crippen LogP contribution in [0.2, 0.25) is 0 Å². The Bertz CT molecular complexity index is 3140.